The van der Waals surface area contributed by atoms with Crippen molar-refractivity contribution in [2.45, 2.75) is 38.3 Å². The number of benzene rings is 2. The molecular formula is C36H40N2O7. The lowest BCUT2D eigenvalue weighted by atomic mass is 10.1. The van der Waals surface area contributed by atoms with E-state index in [9.17, 15) is 14.7 Å². The van der Waals surface area contributed by atoms with E-state index in [-0.39, 0.29) is 10.9 Å². The van der Waals surface area contributed by atoms with E-state index in [0.717, 1.165) is 29.2 Å². The molecule has 1 N–H and O–H groups in total. The molecule has 2 aliphatic carbocycles. The summed E-state index contributed by atoms with van der Waals surface area (Å²) >= 11 is 0. The number of hydrogen-bond acceptors (Lipinski definition) is 7. The predicted octanol–water partition coefficient (Wildman–Crippen LogP) is 5.65. The Bertz CT molecular complexity index is 1660. The van der Waals surface area contributed by atoms with Gasteiger partial charge in [-0.2, -0.15) is 0 Å². The molecule has 6 rings (SSSR count). The SMILES string of the molecule is COc1ccc(/C=C/n2ccc(=O)cc2)cc1OCC1CC1.COc1ccc(C(O)Cn2ccc(=O)cc2)cc1OCC1CC1. The number of aliphatic hydroxyl groups is 1. The molecule has 0 spiro atoms. The molecule has 1 atom stereocenters. The minimum atomic E-state index is -0.688. The van der Waals surface area contributed by atoms with Crippen molar-refractivity contribution in [1.82, 2.24) is 9.13 Å². The van der Waals surface area contributed by atoms with Crippen molar-refractivity contribution in [2.75, 3.05) is 27.4 Å². The molecular weight excluding hydrogens is 572 g/mol. The van der Waals surface area contributed by atoms with E-state index in [0.29, 0.717) is 36.5 Å². The van der Waals surface area contributed by atoms with Gasteiger partial charge < -0.3 is 33.2 Å². The van der Waals surface area contributed by atoms with E-state index >= 15 is 0 Å². The summed E-state index contributed by atoms with van der Waals surface area (Å²) < 4.78 is 25.9. The van der Waals surface area contributed by atoms with Crippen LogP contribution in [0.4, 0.5) is 0 Å². The molecule has 2 aromatic carbocycles. The molecule has 2 fully saturated rings. The second-order valence-corrected chi connectivity index (χ2v) is 11.4. The summed E-state index contributed by atoms with van der Waals surface area (Å²) in [5.74, 6) is 4.21. The highest BCUT2D eigenvalue weighted by molar-refractivity contribution is 5.63. The van der Waals surface area contributed by atoms with Crippen LogP contribution >= 0.6 is 0 Å². The van der Waals surface area contributed by atoms with Crippen molar-refractivity contribution in [1.29, 1.82) is 0 Å². The van der Waals surface area contributed by atoms with Gasteiger partial charge in [0.1, 0.15) is 0 Å². The Balaban J connectivity index is 0.000000178. The maximum absolute atomic E-state index is 11.1. The van der Waals surface area contributed by atoms with Crippen LogP contribution in [0, 0.1) is 11.8 Å². The average molecular weight is 613 g/mol. The summed E-state index contributed by atoms with van der Waals surface area (Å²) in [6, 6.07) is 17.3. The molecule has 9 heteroatoms. The highest BCUT2D eigenvalue weighted by Crippen LogP contribution is 2.35. The Morgan fingerprint density at radius 2 is 1.27 bits per heavy atom. The van der Waals surface area contributed by atoms with Gasteiger partial charge in [0.15, 0.2) is 33.9 Å². The van der Waals surface area contributed by atoms with Crippen LogP contribution in [0.15, 0.2) is 95.0 Å². The van der Waals surface area contributed by atoms with Crippen LogP contribution in [0.1, 0.15) is 42.9 Å². The number of pyridine rings is 2. The molecule has 2 aliphatic rings. The minimum Gasteiger partial charge on any atom is -0.493 e. The lowest BCUT2D eigenvalue weighted by Crippen LogP contribution is -2.11. The first kappa shape index (κ1) is 31.7. The zero-order valence-corrected chi connectivity index (χ0v) is 25.7. The zero-order valence-electron chi connectivity index (χ0n) is 25.7. The third-order valence-corrected chi connectivity index (χ3v) is 7.61. The summed E-state index contributed by atoms with van der Waals surface area (Å²) in [5, 5.41) is 10.4. The summed E-state index contributed by atoms with van der Waals surface area (Å²) in [4.78, 5) is 22.2. The fourth-order valence-corrected chi connectivity index (χ4v) is 4.47. The van der Waals surface area contributed by atoms with Gasteiger partial charge in [0.2, 0.25) is 0 Å². The zero-order chi connectivity index (χ0) is 31.6. The van der Waals surface area contributed by atoms with Crippen molar-refractivity contribution >= 4 is 12.3 Å². The molecule has 2 aromatic heterocycles. The Hall–Kier alpha value is -4.76. The van der Waals surface area contributed by atoms with Crippen molar-refractivity contribution in [3.05, 3.63) is 117 Å². The number of methoxy groups -OCH3 is 2. The van der Waals surface area contributed by atoms with Crippen LogP contribution < -0.4 is 29.8 Å². The quantitative estimate of drug-likeness (QED) is 0.208. The Morgan fingerprint density at radius 1 is 0.733 bits per heavy atom. The fraction of sp³-hybridized carbons (Fsp3) is 0.333. The predicted molar refractivity (Wildman–Crippen MR) is 174 cm³/mol. The van der Waals surface area contributed by atoms with Gasteiger partial charge in [0.05, 0.1) is 40.1 Å². The van der Waals surface area contributed by atoms with E-state index < -0.39 is 6.10 Å². The van der Waals surface area contributed by atoms with Gasteiger partial charge in [-0.25, -0.2) is 0 Å². The molecule has 0 radical (unpaired) electrons. The van der Waals surface area contributed by atoms with E-state index in [1.54, 1.807) is 43.6 Å². The molecule has 0 saturated heterocycles. The van der Waals surface area contributed by atoms with Crippen molar-refractivity contribution in [3.63, 3.8) is 0 Å². The smallest absolute Gasteiger partial charge is 0.181 e. The number of rotatable bonds is 13. The molecule has 1 unspecified atom stereocenters. The Kier molecular flexibility index (Phi) is 10.8. The van der Waals surface area contributed by atoms with Crippen molar-refractivity contribution < 1.29 is 24.1 Å². The highest BCUT2D eigenvalue weighted by Gasteiger charge is 2.23. The molecule has 4 aromatic rings. The second kappa shape index (κ2) is 15.3. The van der Waals surface area contributed by atoms with Crippen LogP contribution in [-0.4, -0.2) is 41.7 Å². The van der Waals surface area contributed by atoms with Gasteiger partial charge in [-0.05, 0) is 79.0 Å². The molecule has 45 heavy (non-hydrogen) atoms. The monoisotopic (exact) mass is 612 g/mol. The van der Waals surface area contributed by atoms with Crippen LogP contribution in [0.5, 0.6) is 23.0 Å². The summed E-state index contributed by atoms with van der Waals surface area (Å²) in [7, 11) is 3.25. The van der Waals surface area contributed by atoms with E-state index in [1.165, 1.54) is 49.9 Å². The van der Waals surface area contributed by atoms with Crippen molar-refractivity contribution in [2.24, 2.45) is 11.8 Å². The maximum Gasteiger partial charge on any atom is 0.181 e. The normalized spacial score (nSPS) is 14.7. The summed E-state index contributed by atoms with van der Waals surface area (Å²) in [6.45, 7) is 1.81. The van der Waals surface area contributed by atoms with E-state index in [1.807, 2.05) is 53.2 Å². The van der Waals surface area contributed by atoms with Crippen LogP contribution in [-0.2, 0) is 6.54 Å². The fourth-order valence-electron chi connectivity index (χ4n) is 4.47. The molecule has 236 valence electrons. The van der Waals surface area contributed by atoms with Crippen LogP contribution in [0.3, 0.4) is 0 Å². The lowest BCUT2D eigenvalue weighted by molar-refractivity contribution is 0.155. The number of ether oxygens (including phenoxy) is 4. The van der Waals surface area contributed by atoms with Gasteiger partial charge in [-0.1, -0.05) is 12.1 Å². The van der Waals surface area contributed by atoms with E-state index in [2.05, 4.69) is 0 Å². The van der Waals surface area contributed by atoms with Gasteiger partial charge in [0, 0.05) is 55.3 Å². The van der Waals surface area contributed by atoms with Crippen LogP contribution in [0.25, 0.3) is 12.3 Å². The molecule has 0 bridgehead atoms. The van der Waals surface area contributed by atoms with Gasteiger partial charge in [-0.3, -0.25) is 9.59 Å². The summed E-state index contributed by atoms with van der Waals surface area (Å²) in [6.07, 6.45) is 14.9. The molecule has 2 heterocycles. The third-order valence-electron chi connectivity index (χ3n) is 7.61. The summed E-state index contributed by atoms with van der Waals surface area (Å²) in [5.41, 5.74) is 1.74. The number of aromatic nitrogens is 2. The van der Waals surface area contributed by atoms with Gasteiger partial charge in [-0.15, -0.1) is 0 Å². The highest BCUT2D eigenvalue weighted by atomic mass is 16.5. The van der Waals surface area contributed by atoms with E-state index in [4.69, 9.17) is 18.9 Å². The number of hydrogen-bond donors (Lipinski definition) is 1. The van der Waals surface area contributed by atoms with Crippen LogP contribution in [0.2, 0.25) is 0 Å². The maximum atomic E-state index is 11.1. The minimum absolute atomic E-state index is 0.00450. The Morgan fingerprint density at radius 3 is 1.82 bits per heavy atom. The third kappa shape index (κ3) is 9.87. The van der Waals surface area contributed by atoms with Gasteiger partial charge >= 0.3 is 0 Å². The first-order valence-electron chi connectivity index (χ1n) is 15.2. The largest absolute Gasteiger partial charge is 0.493 e. The molecule has 9 nitrogen and oxygen atoms in total. The topological polar surface area (TPSA) is 101 Å². The molecule has 0 aliphatic heterocycles. The first-order valence-corrected chi connectivity index (χ1v) is 15.2. The standard InChI is InChI=1S/C18H21NO4.C18H19NO3/c1-22-17-5-4-14(10-18(17)23-12-13-2-3-13)16(21)11-19-8-6-15(20)7-9-19;1-21-17-5-4-14(12-18(17)22-13-15-2-3-15)6-9-19-10-7-16(20)8-11-19/h4-10,13,16,21H,2-3,11-12H2,1H3;4-12,15H,2-3,13H2,1H3/b;9-6+. The lowest BCUT2D eigenvalue weighted by Gasteiger charge is -2.16. The molecule has 0 amide bonds. The Labute approximate surface area is 262 Å². The number of nitrogens with zero attached hydrogens (tertiary/aromatic N) is 2. The van der Waals surface area contributed by atoms with Crippen molar-refractivity contribution in [3.8, 4) is 23.0 Å². The second-order valence-electron chi connectivity index (χ2n) is 11.4. The average Bonchev–Trinajstić information content (AvgIpc) is 4.00. The first-order chi connectivity index (χ1) is 21.9. The van der Waals surface area contributed by atoms with Gasteiger partial charge in [0.25, 0.3) is 0 Å². The number of aliphatic hydroxyl groups excluding tert-OH is 1. The molecule has 2 saturated carbocycles.